The summed E-state index contributed by atoms with van der Waals surface area (Å²) in [5, 5.41) is 3.29. The van der Waals surface area contributed by atoms with Crippen LogP contribution in [-0.2, 0) is 6.54 Å². The molecule has 0 saturated carbocycles. The van der Waals surface area contributed by atoms with Gasteiger partial charge in [0, 0.05) is 18.0 Å². The van der Waals surface area contributed by atoms with Crippen molar-refractivity contribution < 1.29 is 9.15 Å². The maximum Gasteiger partial charge on any atom is 0.180 e. The van der Waals surface area contributed by atoms with Crippen LogP contribution < -0.4 is 10.1 Å². The molecule has 5 rings (SSSR count). The number of rotatable bonds is 6. The molecule has 0 unspecified atom stereocenters. The molecule has 142 valence electrons. The Morgan fingerprint density at radius 2 is 1.79 bits per heavy atom. The molecule has 6 heteroatoms. The molecule has 29 heavy (non-hydrogen) atoms. The number of fused-ring (bicyclic) bond motifs is 1. The van der Waals surface area contributed by atoms with Crippen molar-refractivity contribution >= 4 is 11.5 Å². The predicted molar refractivity (Wildman–Crippen MR) is 111 cm³/mol. The highest BCUT2D eigenvalue weighted by molar-refractivity contribution is 5.74. The van der Waals surface area contributed by atoms with Crippen LogP contribution in [0.5, 0.6) is 11.5 Å². The minimum absolute atomic E-state index is 0.537. The third-order valence-corrected chi connectivity index (χ3v) is 4.57. The molecule has 0 bridgehead atoms. The molecule has 0 spiro atoms. The maximum absolute atomic E-state index is 6.12. The van der Waals surface area contributed by atoms with Crippen molar-refractivity contribution in [3.63, 3.8) is 0 Å². The van der Waals surface area contributed by atoms with Gasteiger partial charge in [-0.3, -0.25) is 4.40 Å². The number of anilines is 1. The molecule has 1 N–H and O–H groups in total. The molecule has 0 atom stereocenters. The van der Waals surface area contributed by atoms with E-state index in [1.165, 1.54) is 0 Å². The number of benzene rings is 2. The largest absolute Gasteiger partial charge is 0.467 e. The molecular formula is C23H18N4O2. The number of ether oxygens (including phenoxy) is 1. The smallest absolute Gasteiger partial charge is 0.180 e. The number of nitrogens with one attached hydrogen (secondary N) is 1. The van der Waals surface area contributed by atoms with E-state index in [-0.39, 0.29) is 0 Å². The summed E-state index contributed by atoms with van der Waals surface area (Å²) in [5.74, 6) is 3.08. The fourth-order valence-electron chi connectivity index (χ4n) is 3.21. The van der Waals surface area contributed by atoms with E-state index in [9.17, 15) is 0 Å². The number of aromatic nitrogens is 3. The van der Waals surface area contributed by atoms with Gasteiger partial charge in [-0.2, -0.15) is 0 Å². The Balaban J connectivity index is 1.51. The zero-order valence-corrected chi connectivity index (χ0v) is 15.5. The molecule has 3 heterocycles. The van der Waals surface area contributed by atoms with Crippen LogP contribution in [-0.4, -0.2) is 14.4 Å². The van der Waals surface area contributed by atoms with Gasteiger partial charge in [0.2, 0.25) is 0 Å². The number of furan rings is 1. The summed E-state index contributed by atoms with van der Waals surface area (Å²) in [7, 11) is 0. The van der Waals surface area contributed by atoms with E-state index in [2.05, 4.69) is 15.3 Å². The zero-order valence-electron chi connectivity index (χ0n) is 15.5. The number of para-hydroxylation sites is 2. The van der Waals surface area contributed by atoms with Crippen molar-refractivity contribution in [2.75, 3.05) is 5.32 Å². The van der Waals surface area contributed by atoms with Crippen LogP contribution >= 0.6 is 0 Å². The minimum Gasteiger partial charge on any atom is -0.467 e. The highest BCUT2D eigenvalue weighted by atomic mass is 16.5. The van der Waals surface area contributed by atoms with Crippen LogP contribution in [0.2, 0.25) is 0 Å². The van der Waals surface area contributed by atoms with Crippen molar-refractivity contribution in [1.29, 1.82) is 0 Å². The number of nitrogens with zero attached hydrogens (tertiary/aromatic N) is 3. The van der Waals surface area contributed by atoms with Crippen molar-refractivity contribution in [1.82, 2.24) is 14.4 Å². The normalized spacial score (nSPS) is 10.9. The average Bonchev–Trinajstić information content (AvgIpc) is 3.44. The van der Waals surface area contributed by atoms with Crippen LogP contribution in [0.3, 0.4) is 0 Å². The van der Waals surface area contributed by atoms with Crippen LogP contribution in [0, 0.1) is 0 Å². The molecule has 0 radical (unpaired) electrons. The molecule has 0 fully saturated rings. The molecule has 0 saturated heterocycles. The average molecular weight is 382 g/mol. The van der Waals surface area contributed by atoms with E-state index in [0.717, 1.165) is 34.2 Å². The van der Waals surface area contributed by atoms with E-state index in [0.29, 0.717) is 12.4 Å². The molecule has 0 aliphatic rings. The molecule has 3 aromatic heterocycles. The number of hydrogen-bond donors (Lipinski definition) is 1. The van der Waals surface area contributed by atoms with Crippen LogP contribution in [0.25, 0.3) is 16.9 Å². The summed E-state index contributed by atoms with van der Waals surface area (Å²) >= 11 is 0. The Bertz CT molecular complexity index is 1230. The minimum atomic E-state index is 0.537. The van der Waals surface area contributed by atoms with Crippen molar-refractivity contribution in [3.8, 4) is 22.8 Å². The second-order valence-corrected chi connectivity index (χ2v) is 6.46. The fourth-order valence-corrected chi connectivity index (χ4v) is 3.21. The first-order valence-corrected chi connectivity index (χ1v) is 9.29. The Morgan fingerprint density at radius 3 is 2.66 bits per heavy atom. The van der Waals surface area contributed by atoms with Gasteiger partial charge in [-0.15, -0.1) is 0 Å². The summed E-state index contributed by atoms with van der Waals surface area (Å²) < 4.78 is 13.5. The second-order valence-electron chi connectivity index (χ2n) is 6.46. The maximum atomic E-state index is 6.12. The second kappa shape index (κ2) is 7.52. The standard InChI is InChI=1S/C23H18N4O2/c1-2-7-17(8-3-1)29-21-11-5-4-10-19(21)20-16-26-23-22(24-12-13-27(20)23)25-15-18-9-6-14-28-18/h1-14,16H,15H2,(H,24,25). The van der Waals surface area contributed by atoms with E-state index in [4.69, 9.17) is 9.15 Å². The third-order valence-electron chi connectivity index (χ3n) is 4.57. The van der Waals surface area contributed by atoms with Gasteiger partial charge in [0.05, 0.1) is 24.7 Å². The molecule has 0 amide bonds. The summed E-state index contributed by atoms with van der Waals surface area (Å²) in [6, 6.07) is 21.5. The van der Waals surface area contributed by atoms with Crippen molar-refractivity contribution in [2.24, 2.45) is 0 Å². The Labute approximate surface area is 167 Å². The summed E-state index contributed by atoms with van der Waals surface area (Å²) in [6.07, 6.45) is 7.14. The van der Waals surface area contributed by atoms with Crippen LogP contribution in [0.15, 0.2) is 96.0 Å². The van der Waals surface area contributed by atoms with Gasteiger partial charge < -0.3 is 14.5 Å². The van der Waals surface area contributed by atoms with E-state index in [1.807, 2.05) is 83.5 Å². The lowest BCUT2D eigenvalue weighted by molar-refractivity contribution is 0.484. The molecule has 0 aliphatic heterocycles. The predicted octanol–water partition coefficient (Wildman–Crippen LogP) is 5.39. The molecule has 0 aliphatic carbocycles. The third kappa shape index (κ3) is 3.43. The topological polar surface area (TPSA) is 64.6 Å². The first kappa shape index (κ1) is 17.1. The van der Waals surface area contributed by atoms with Crippen LogP contribution in [0.4, 0.5) is 5.82 Å². The molecule has 5 aromatic rings. The summed E-state index contributed by atoms with van der Waals surface area (Å²) in [4.78, 5) is 9.03. The number of imidazole rings is 1. The van der Waals surface area contributed by atoms with Gasteiger partial charge in [0.15, 0.2) is 11.5 Å². The highest BCUT2D eigenvalue weighted by Gasteiger charge is 2.14. The van der Waals surface area contributed by atoms with Gasteiger partial charge in [0.1, 0.15) is 17.3 Å². The zero-order chi connectivity index (χ0) is 19.5. The quantitative estimate of drug-likeness (QED) is 0.426. The summed E-state index contributed by atoms with van der Waals surface area (Å²) in [5.41, 5.74) is 2.62. The van der Waals surface area contributed by atoms with E-state index < -0.39 is 0 Å². The first-order chi connectivity index (χ1) is 14.4. The fraction of sp³-hybridized carbons (Fsp3) is 0.0435. The van der Waals surface area contributed by atoms with Gasteiger partial charge in [-0.05, 0) is 36.4 Å². The van der Waals surface area contributed by atoms with Gasteiger partial charge in [-0.25, -0.2) is 9.97 Å². The molecule has 6 nitrogen and oxygen atoms in total. The lowest BCUT2D eigenvalue weighted by Gasteiger charge is -2.11. The SMILES string of the molecule is c1ccc(Oc2ccccc2-c2cnc3c(NCc4ccco4)nccn23)cc1. The summed E-state index contributed by atoms with van der Waals surface area (Å²) in [6.45, 7) is 0.537. The lowest BCUT2D eigenvalue weighted by atomic mass is 10.1. The number of hydrogen-bond acceptors (Lipinski definition) is 5. The van der Waals surface area contributed by atoms with Gasteiger partial charge >= 0.3 is 0 Å². The monoisotopic (exact) mass is 382 g/mol. The Morgan fingerprint density at radius 1 is 0.931 bits per heavy atom. The lowest BCUT2D eigenvalue weighted by Crippen LogP contribution is -2.03. The van der Waals surface area contributed by atoms with Crippen LogP contribution in [0.1, 0.15) is 5.76 Å². The van der Waals surface area contributed by atoms with Crippen molar-refractivity contribution in [3.05, 3.63) is 97.3 Å². The van der Waals surface area contributed by atoms with E-state index >= 15 is 0 Å². The van der Waals surface area contributed by atoms with E-state index in [1.54, 1.807) is 12.5 Å². The molecule has 2 aromatic carbocycles. The first-order valence-electron chi connectivity index (χ1n) is 9.29. The highest BCUT2D eigenvalue weighted by Crippen LogP contribution is 2.34. The van der Waals surface area contributed by atoms with Crippen molar-refractivity contribution in [2.45, 2.75) is 6.54 Å². The Hall–Kier alpha value is -4.06. The van der Waals surface area contributed by atoms with Gasteiger partial charge in [0.25, 0.3) is 0 Å². The molecular weight excluding hydrogens is 364 g/mol. The Kier molecular flexibility index (Phi) is 4.42. The van der Waals surface area contributed by atoms with Gasteiger partial charge in [-0.1, -0.05) is 30.3 Å².